The number of fused-ring (bicyclic) bond motifs is 5. The second-order valence-electron chi connectivity index (χ2n) is 12.1. The Kier molecular flexibility index (Phi) is 7.18. The summed E-state index contributed by atoms with van der Waals surface area (Å²) in [5, 5.41) is 6.28. The van der Waals surface area contributed by atoms with Gasteiger partial charge in [-0.15, -0.1) is 0 Å². The van der Waals surface area contributed by atoms with Crippen LogP contribution in [-0.4, -0.2) is 15.7 Å². The van der Waals surface area contributed by atoms with E-state index in [1.807, 2.05) is 24.3 Å². The SMILES string of the molecule is [B]c1ccc([B])c2c(-c3cccc4oc5c(C(/C=C(\C)c6ccccc6)=C/C)cccc5c34)c3ccccc3c(-c3ccccc3)c12. The van der Waals surface area contributed by atoms with E-state index in [1.54, 1.807) is 0 Å². The fraction of sp³-hybridized carbons (Fsp3) is 0.0455. The van der Waals surface area contributed by atoms with Crippen molar-refractivity contribution in [1.82, 2.24) is 0 Å². The first-order valence-corrected chi connectivity index (χ1v) is 16.0. The molecule has 8 rings (SSSR count). The third kappa shape index (κ3) is 4.73. The van der Waals surface area contributed by atoms with Gasteiger partial charge in [-0.05, 0) is 80.4 Å². The minimum Gasteiger partial charge on any atom is -0.455 e. The fourth-order valence-corrected chi connectivity index (χ4v) is 7.16. The molecule has 0 atom stereocenters. The first-order valence-electron chi connectivity index (χ1n) is 16.0. The Morgan fingerprint density at radius 1 is 0.574 bits per heavy atom. The predicted molar refractivity (Wildman–Crippen MR) is 204 cm³/mol. The molecule has 0 N–H and O–H groups in total. The van der Waals surface area contributed by atoms with Crippen LogP contribution in [0.2, 0.25) is 0 Å². The number of allylic oxidation sites excluding steroid dienone is 4. The zero-order chi connectivity index (χ0) is 32.1. The molecule has 0 amide bonds. The van der Waals surface area contributed by atoms with Crippen molar-refractivity contribution in [2.45, 2.75) is 13.8 Å². The van der Waals surface area contributed by atoms with E-state index < -0.39 is 0 Å². The minimum atomic E-state index is 0.690. The van der Waals surface area contributed by atoms with E-state index in [0.717, 1.165) is 76.9 Å². The first-order chi connectivity index (χ1) is 23.0. The Morgan fingerprint density at radius 3 is 1.87 bits per heavy atom. The van der Waals surface area contributed by atoms with Crippen molar-refractivity contribution >= 4 is 81.2 Å². The van der Waals surface area contributed by atoms with Gasteiger partial charge >= 0.3 is 0 Å². The summed E-state index contributed by atoms with van der Waals surface area (Å²) in [5.74, 6) is 0. The molecule has 0 aliphatic heterocycles. The minimum absolute atomic E-state index is 0.690. The van der Waals surface area contributed by atoms with Gasteiger partial charge < -0.3 is 4.42 Å². The maximum atomic E-state index is 6.92. The zero-order valence-corrected chi connectivity index (χ0v) is 26.4. The Balaban J connectivity index is 1.45. The summed E-state index contributed by atoms with van der Waals surface area (Å²) < 4.78 is 6.76. The molecule has 0 aliphatic carbocycles. The molecule has 4 radical (unpaired) electrons. The molecule has 3 heteroatoms. The smallest absolute Gasteiger partial charge is 0.143 e. The fourth-order valence-electron chi connectivity index (χ4n) is 7.16. The van der Waals surface area contributed by atoms with Crippen molar-refractivity contribution in [1.29, 1.82) is 0 Å². The summed E-state index contributed by atoms with van der Waals surface area (Å²) >= 11 is 0. The van der Waals surface area contributed by atoms with Crippen LogP contribution >= 0.6 is 0 Å². The van der Waals surface area contributed by atoms with E-state index in [4.69, 9.17) is 20.1 Å². The van der Waals surface area contributed by atoms with Gasteiger partial charge in [0, 0.05) is 16.3 Å². The third-order valence-corrected chi connectivity index (χ3v) is 9.31. The van der Waals surface area contributed by atoms with Gasteiger partial charge in [0.25, 0.3) is 0 Å². The van der Waals surface area contributed by atoms with Crippen LogP contribution in [0.5, 0.6) is 0 Å². The van der Waals surface area contributed by atoms with Crippen LogP contribution in [0.3, 0.4) is 0 Å². The van der Waals surface area contributed by atoms with Crippen LogP contribution in [0, 0.1) is 0 Å². The van der Waals surface area contributed by atoms with Crippen molar-refractivity contribution in [3.05, 3.63) is 157 Å². The van der Waals surface area contributed by atoms with Crippen LogP contribution < -0.4 is 10.9 Å². The summed E-state index contributed by atoms with van der Waals surface area (Å²) in [7, 11) is 13.8. The molecular formula is C44H30B2O. The van der Waals surface area contributed by atoms with Crippen LogP contribution in [0.1, 0.15) is 25.0 Å². The predicted octanol–water partition coefficient (Wildman–Crippen LogP) is 10.3. The molecule has 0 saturated heterocycles. The molecule has 0 spiro atoms. The molecule has 0 bridgehead atoms. The lowest BCUT2D eigenvalue weighted by Crippen LogP contribution is -2.15. The molecule has 7 aromatic carbocycles. The van der Waals surface area contributed by atoms with Gasteiger partial charge in [0.1, 0.15) is 26.9 Å². The number of furan rings is 1. The number of benzene rings is 7. The summed E-state index contributed by atoms with van der Waals surface area (Å²) in [5.41, 5.74) is 12.0. The van der Waals surface area contributed by atoms with Gasteiger partial charge in [-0.3, -0.25) is 0 Å². The van der Waals surface area contributed by atoms with Gasteiger partial charge in [-0.2, -0.15) is 0 Å². The normalized spacial score (nSPS) is 12.5. The number of rotatable bonds is 5. The topological polar surface area (TPSA) is 13.1 Å². The molecule has 0 saturated carbocycles. The number of para-hydroxylation sites is 1. The van der Waals surface area contributed by atoms with Crippen molar-refractivity contribution < 1.29 is 4.42 Å². The van der Waals surface area contributed by atoms with E-state index in [9.17, 15) is 0 Å². The zero-order valence-electron chi connectivity index (χ0n) is 26.4. The van der Waals surface area contributed by atoms with Gasteiger partial charge in [0.2, 0.25) is 0 Å². The highest BCUT2D eigenvalue weighted by atomic mass is 16.3. The lowest BCUT2D eigenvalue weighted by atomic mass is 9.75. The maximum absolute atomic E-state index is 6.92. The summed E-state index contributed by atoms with van der Waals surface area (Å²) in [6.07, 6.45) is 4.40. The lowest BCUT2D eigenvalue weighted by molar-refractivity contribution is 0.668. The standard InChI is InChI=1S/C44H30B2O/c1-3-28(26-27(2)29-14-6-4-7-15-29)31-20-12-22-35-40-34(21-13-23-38(40)47-44(31)35)41-33-19-11-10-18-32(33)39(30-16-8-5-9-17-30)42-36(45)24-25-37(46)43(41)42/h3-26H,1-2H3/b27-26+,28-3+. The van der Waals surface area contributed by atoms with Gasteiger partial charge in [0.15, 0.2) is 0 Å². The highest BCUT2D eigenvalue weighted by Gasteiger charge is 2.22. The molecule has 1 nitrogen and oxygen atoms in total. The molecule has 218 valence electrons. The van der Waals surface area contributed by atoms with Crippen molar-refractivity contribution in [2.24, 2.45) is 0 Å². The average Bonchev–Trinajstić information content (AvgIpc) is 3.51. The van der Waals surface area contributed by atoms with E-state index in [2.05, 4.69) is 135 Å². The average molecular weight is 596 g/mol. The third-order valence-electron chi connectivity index (χ3n) is 9.31. The molecule has 1 heterocycles. The van der Waals surface area contributed by atoms with Crippen LogP contribution in [-0.2, 0) is 0 Å². The van der Waals surface area contributed by atoms with E-state index >= 15 is 0 Å². The molecule has 0 aliphatic rings. The van der Waals surface area contributed by atoms with E-state index in [-0.39, 0.29) is 0 Å². The van der Waals surface area contributed by atoms with Crippen LogP contribution in [0.15, 0.2) is 150 Å². The number of hydrogen-bond acceptors (Lipinski definition) is 1. The Morgan fingerprint density at radius 2 is 1.17 bits per heavy atom. The molecule has 8 aromatic rings. The Labute approximate surface area is 277 Å². The first kappa shape index (κ1) is 28.9. The van der Waals surface area contributed by atoms with E-state index in [1.165, 1.54) is 11.1 Å². The van der Waals surface area contributed by atoms with Crippen LogP contribution in [0.4, 0.5) is 0 Å². The second kappa shape index (κ2) is 11.7. The number of hydrogen-bond donors (Lipinski definition) is 0. The highest BCUT2D eigenvalue weighted by molar-refractivity contribution is 6.49. The molecule has 47 heavy (non-hydrogen) atoms. The Hall–Kier alpha value is -5.53. The monoisotopic (exact) mass is 596 g/mol. The highest BCUT2D eigenvalue weighted by Crippen LogP contribution is 2.46. The molecular weight excluding hydrogens is 566 g/mol. The van der Waals surface area contributed by atoms with Crippen molar-refractivity contribution in [2.75, 3.05) is 0 Å². The van der Waals surface area contributed by atoms with Crippen LogP contribution in [0.25, 0.3) is 76.9 Å². The molecule has 1 aromatic heterocycles. The van der Waals surface area contributed by atoms with Gasteiger partial charge in [-0.25, -0.2) is 0 Å². The summed E-state index contributed by atoms with van der Waals surface area (Å²) in [6.45, 7) is 4.23. The molecule has 0 unspecified atom stereocenters. The van der Waals surface area contributed by atoms with Gasteiger partial charge in [-0.1, -0.05) is 150 Å². The Bertz CT molecular complexity index is 2540. The summed E-state index contributed by atoms with van der Waals surface area (Å²) in [4.78, 5) is 0. The molecule has 0 fully saturated rings. The van der Waals surface area contributed by atoms with Gasteiger partial charge in [0.05, 0.1) is 0 Å². The van der Waals surface area contributed by atoms with Crippen molar-refractivity contribution in [3.63, 3.8) is 0 Å². The van der Waals surface area contributed by atoms with E-state index in [0.29, 0.717) is 10.9 Å². The van der Waals surface area contributed by atoms with Crippen molar-refractivity contribution in [3.8, 4) is 22.3 Å². The lowest BCUT2D eigenvalue weighted by Gasteiger charge is -2.21. The quantitative estimate of drug-likeness (QED) is 0.110. The second-order valence-corrected chi connectivity index (χ2v) is 12.1. The largest absolute Gasteiger partial charge is 0.455 e. The summed E-state index contributed by atoms with van der Waals surface area (Å²) in [6, 6.07) is 46.1. The maximum Gasteiger partial charge on any atom is 0.143 e.